The molecule has 0 unspecified atom stereocenters. The number of hydrogen-bond acceptors (Lipinski definition) is 5. The van der Waals surface area contributed by atoms with Gasteiger partial charge < -0.3 is 10.2 Å². The first-order valence-electron chi connectivity index (χ1n) is 5.48. The Balaban J connectivity index is 0.00000108. The second-order valence-corrected chi connectivity index (χ2v) is 3.84. The minimum atomic E-state index is 0. The molecule has 0 spiro atoms. The van der Waals surface area contributed by atoms with E-state index in [4.69, 9.17) is 0 Å². The van der Waals surface area contributed by atoms with Crippen molar-refractivity contribution in [2.45, 2.75) is 0 Å². The predicted octanol–water partition coefficient (Wildman–Crippen LogP) is 0.856. The van der Waals surface area contributed by atoms with Gasteiger partial charge in [0.15, 0.2) is 0 Å². The van der Waals surface area contributed by atoms with Gasteiger partial charge in [-0.25, -0.2) is 4.98 Å². The van der Waals surface area contributed by atoms with Gasteiger partial charge in [0.25, 0.3) is 0 Å². The minimum absolute atomic E-state index is 0. The molecule has 2 aromatic rings. The lowest BCUT2D eigenvalue weighted by Crippen LogP contribution is -2.44. The van der Waals surface area contributed by atoms with Crippen molar-refractivity contribution in [1.29, 1.82) is 0 Å². The fraction of sp³-hybridized carbons (Fsp3) is 0.364. The molecule has 0 atom stereocenters. The lowest BCUT2D eigenvalue weighted by molar-refractivity contribution is 0.578. The van der Waals surface area contributed by atoms with E-state index in [1.54, 1.807) is 0 Å². The van der Waals surface area contributed by atoms with Crippen LogP contribution in [0.25, 0.3) is 11.0 Å². The van der Waals surface area contributed by atoms with Crippen LogP contribution in [0.4, 0.5) is 5.95 Å². The highest BCUT2D eigenvalue weighted by molar-refractivity contribution is 5.85. The number of benzene rings is 1. The molecular formula is C11H14ClN5. The molecule has 17 heavy (non-hydrogen) atoms. The lowest BCUT2D eigenvalue weighted by Gasteiger charge is -2.26. The molecule has 1 aliphatic heterocycles. The van der Waals surface area contributed by atoms with Crippen molar-refractivity contribution in [3.8, 4) is 0 Å². The van der Waals surface area contributed by atoms with Crippen LogP contribution in [0.3, 0.4) is 0 Å². The third-order valence-electron chi connectivity index (χ3n) is 2.75. The highest BCUT2D eigenvalue weighted by Gasteiger charge is 2.13. The van der Waals surface area contributed by atoms with Crippen molar-refractivity contribution in [1.82, 2.24) is 20.5 Å². The minimum Gasteiger partial charge on any atom is -0.337 e. The van der Waals surface area contributed by atoms with Crippen molar-refractivity contribution >= 4 is 29.4 Å². The van der Waals surface area contributed by atoms with Crippen molar-refractivity contribution < 1.29 is 0 Å². The number of nitrogens with zero attached hydrogens (tertiary/aromatic N) is 4. The van der Waals surface area contributed by atoms with Crippen molar-refractivity contribution in [2.75, 3.05) is 31.1 Å². The van der Waals surface area contributed by atoms with E-state index in [9.17, 15) is 0 Å². The molecule has 1 fully saturated rings. The summed E-state index contributed by atoms with van der Waals surface area (Å²) in [6.07, 6.45) is 0. The number of hydrogen-bond donors (Lipinski definition) is 1. The summed E-state index contributed by atoms with van der Waals surface area (Å²) in [5.74, 6) is 0.736. The van der Waals surface area contributed by atoms with E-state index in [2.05, 4.69) is 25.4 Å². The monoisotopic (exact) mass is 251 g/mol. The third kappa shape index (κ3) is 2.45. The zero-order chi connectivity index (χ0) is 10.8. The SMILES string of the molecule is Cl.c1ccc2nc(N3CCNCC3)nnc2c1. The smallest absolute Gasteiger partial charge is 0.246 e. The first kappa shape index (κ1) is 12.0. The number of fused-ring (bicyclic) bond motifs is 1. The van der Waals surface area contributed by atoms with Crippen LogP contribution in [0.5, 0.6) is 0 Å². The fourth-order valence-corrected chi connectivity index (χ4v) is 1.87. The van der Waals surface area contributed by atoms with E-state index >= 15 is 0 Å². The molecule has 0 amide bonds. The Hall–Kier alpha value is -1.46. The molecule has 0 radical (unpaired) electrons. The van der Waals surface area contributed by atoms with Gasteiger partial charge in [0.2, 0.25) is 5.95 Å². The van der Waals surface area contributed by atoms with Gasteiger partial charge in [0.1, 0.15) is 5.52 Å². The summed E-state index contributed by atoms with van der Waals surface area (Å²) in [4.78, 5) is 6.69. The average molecular weight is 252 g/mol. The lowest BCUT2D eigenvalue weighted by atomic mass is 10.3. The molecule has 90 valence electrons. The van der Waals surface area contributed by atoms with Gasteiger partial charge in [-0.3, -0.25) is 0 Å². The maximum atomic E-state index is 4.52. The van der Waals surface area contributed by atoms with Gasteiger partial charge >= 0.3 is 0 Å². The van der Waals surface area contributed by atoms with E-state index in [0.717, 1.165) is 43.2 Å². The molecule has 1 saturated heterocycles. The zero-order valence-electron chi connectivity index (χ0n) is 9.33. The van der Waals surface area contributed by atoms with Crippen LogP contribution in [0, 0.1) is 0 Å². The Morgan fingerprint density at radius 2 is 1.71 bits per heavy atom. The van der Waals surface area contributed by atoms with Crippen molar-refractivity contribution in [2.24, 2.45) is 0 Å². The first-order valence-corrected chi connectivity index (χ1v) is 5.48. The zero-order valence-corrected chi connectivity index (χ0v) is 10.2. The number of aromatic nitrogens is 3. The molecule has 1 aromatic carbocycles. The number of halogens is 1. The van der Waals surface area contributed by atoms with Crippen LogP contribution in [0.2, 0.25) is 0 Å². The highest BCUT2D eigenvalue weighted by Crippen LogP contribution is 2.12. The van der Waals surface area contributed by atoms with E-state index in [1.807, 2.05) is 24.3 Å². The second-order valence-electron chi connectivity index (χ2n) is 3.84. The summed E-state index contributed by atoms with van der Waals surface area (Å²) in [6.45, 7) is 3.85. The largest absolute Gasteiger partial charge is 0.337 e. The summed E-state index contributed by atoms with van der Waals surface area (Å²) in [7, 11) is 0. The average Bonchev–Trinajstić information content (AvgIpc) is 2.39. The Morgan fingerprint density at radius 3 is 2.47 bits per heavy atom. The van der Waals surface area contributed by atoms with Crippen LogP contribution < -0.4 is 10.2 Å². The number of para-hydroxylation sites is 1. The Morgan fingerprint density at radius 1 is 1.00 bits per heavy atom. The molecular weight excluding hydrogens is 238 g/mol. The molecule has 0 aliphatic carbocycles. The maximum absolute atomic E-state index is 4.52. The third-order valence-corrected chi connectivity index (χ3v) is 2.75. The van der Waals surface area contributed by atoms with Crippen LogP contribution in [0.15, 0.2) is 24.3 Å². The Bertz CT molecular complexity index is 498. The van der Waals surface area contributed by atoms with Crippen LogP contribution >= 0.6 is 12.4 Å². The highest BCUT2D eigenvalue weighted by atomic mass is 35.5. The number of piperazine rings is 1. The molecule has 6 heteroatoms. The summed E-state index contributed by atoms with van der Waals surface area (Å²) < 4.78 is 0. The van der Waals surface area contributed by atoms with E-state index in [1.165, 1.54) is 0 Å². The maximum Gasteiger partial charge on any atom is 0.246 e. The number of rotatable bonds is 1. The molecule has 1 aromatic heterocycles. The summed E-state index contributed by atoms with van der Waals surface area (Å²) in [5, 5.41) is 11.7. The first-order chi connectivity index (χ1) is 7.93. The Labute approximate surface area is 106 Å². The van der Waals surface area contributed by atoms with E-state index in [0.29, 0.717) is 0 Å². The van der Waals surface area contributed by atoms with Crippen LogP contribution in [-0.4, -0.2) is 41.4 Å². The molecule has 3 rings (SSSR count). The topological polar surface area (TPSA) is 53.9 Å². The van der Waals surface area contributed by atoms with Crippen molar-refractivity contribution in [3.63, 3.8) is 0 Å². The normalized spacial score (nSPS) is 15.6. The number of anilines is 1. The van der Waals surface area contributed by atoms with Gasteiger partial charge in [0.05, 0.1) is 5.52 Å². The molecule has 0 saturated carbocycles. The standard InChI is InChI=1S/C11H13N5.ClH/c1-2-4-10-9(3-1)13-11(15-14-10)16-7-5-12-6-8-16;/h1-4,12H,5-8H2;1H. The summed E-state index contributed by atoms with van der Waals surface area (Å²) >= 11 is 0. The van der Waals surface area contributed by atoms with Crippen molar-refractivity contribution in [3.05, 3.63) is 24.3 Å². The second kappa shape index (κ2) is 5.25. The molecule has 0 bridgehead atoms. The molecule has 5 nitrogen and oxygen atoms in total. The summed E-state index contributed by atoms with van der Waals surface area (Å²) in [6, 6.07) is 7.81. The Kier molecular flexibility index (Phi) is 3.71. The fourth-order valence-electron chi connectivity index (χ4n) is 1.87. The van der Waals surface area contributed by atoms with E-state index < -0.39 is 0 Å². The predicted molar refractivity (Wildman–Crippen MR) is 69.7 cm³/mol. The van der Waals surface area contributed by atoms with E-state index in [-0.39, 0.29) is 12.4 Å². The number of nitrogens with one attached hydrogen (secondary N) is 1. The van der Waals surface area contributed by atoms with Gasteiger partial charge in [-0.15, -0.1) is 22.6 Å². The van der Waals surface area contributed by atoms with Gasteiger partial charge in [-0.2, -0.15) is 0 Å². The quantitative estimate of drug-likeness (QED) is 0.815. The molecule has 2 heterocycles. The van der Waals surface area contributed by atoms with Gasteiger partial charge in [0, 0.05) is 26.2 Å². The van der Waals surface area contributed by atoms with Crippen LogP contribution in [0.1, 0.15) is 0 Å². The molecule has 1 N–H and O–H groups in total. The van der Waals surface area contributed by atoms with Crippen LogP contribution in [-0.2, 0) is 0 Å². The molecule has 1 aliphatic rings. The van der Waals surface area contributed by atoms with Gasteiger partial charge in [-0.1, -0.05) is 12.1 Å². The van der Waals surface area contributed by atoms with Gasteiger partial charge in [-0.05, 0) is 12.1 Å². The summed E-state index contributed by atoms with van der Waals surface area (Å²) in [5.41, 5.74) is 1.76.